The molecule has 4 aromatic rings. The number of amides is 2. The Morgan fingerprint density at radius 1 is 0.778 bits per heavy atom. The fourth-order valence-electron chi connectivity index (χ4n) is 3.44. The lowest BCUT2D eigenvalue weighted by Gasteiger charge is -2.12. The zero-order valence-corrected chi connectivity index (χ0v) is 20.5. The SMILES string of the molecule is CC(=O)NCCNc1cc(NCCNC(=O)c2ccc3ccccc3n2)nc(-c2ccc(Cl)cc2)n1. The Morgan fingerprint density at radius 3 is 2.14 bits per heavy atom. The first-order valence-electron chi connectivity index (χ1n) is 11.5. The summed E-state index contributed by atoms with van der Waals surface area (Å²) in [6.45, 7) is 3.26. The summed E-state index contributed by atoms with van der Waals surface area (Å²) in [7, 11) is 0. The normalized spacial score (nSPS) is 10.6. The molecule has 2 aromatic carbocycles. The number of halogens is 1. The van der Waals surface area contributed by atoms with Gasteiger partial charge in [0, 0.05) is 55.1 Å². The molecule has 0 aliphatic carbocycles. The first kappa shape index (κ1) is 24.9. The van der Waals surface area contributed by atoms with E-state index in [0.29, 0.717) is 54.4 Å². The minimum absolute atomic E-state index is 0.0929. The van der Waals surface area contributed by atoms with Gasteiger partial charge in [0.1, 0.15) is 17.3 Å². The predicted molar refractivity (Wildman–Crippen MR) is 142 cm³/mol. The molecule has 0 bridgehead atoms. The number of hydrogen-bond donors (Lipinski definition) is 4. The van der Waals surface area contributed by atoms with Crippen molar-refractivity contribution in [2.45, 2.75) is 6.92 Å². The number of fused-ring (bicyclic) bond motifs is 1. The van der Waals surface area contributed by atoms with Crippen LogP contribution in [0.3, 0.4) is 0 Å². The average molecular weight is 504 g/mol. The van der Waals surface area contributed by atoms with Crippen LogP contribution in [-0.2, 0) is 4.79 Å². The Kier molecular flexibility index (Phi) is 8.25. The van der Waals surface area contributed by atoms with E-state index in [-0.39, 0.29) is 11.8 Å². The monoisotopic (exact) mass is 503 g/mol. The second-order valence-electron chi connectivity index (χ2n) is 7.95. The number of aromatic nitrogens is 3. The summed E-state index contributed by atoms with van der Waals surface area (Å²) in [6, 6.07) is 20.3. The highest BCUT2D eigenvalue weighted by atomic mass is 35.5. The zero-order chi connectivity index (χ0) is 25.3. The van der Waals surface area contributed by atoms with E-state index in [1.54, 1.807) is 24.3 Å². The third-order valence-electron chi connectivity index (χ3n) is 5.18. The fraction of sp³-hybridized carbons (Fsp3) is 0.192. The van der Waals surface area contributed by atoms with E-state index in [2.05, 4.69) is 36.2 Å². The van der Waals surface area contributed by atoms with E-state index < -0.39 is 0 Å². The maximum Gasteiger partial charge on any atom is 0.269 e. The van der Waals surface area contributed by atoms with Crippen molar-refractivity contribution in [1.29, 1.82) is 0 Å². The molecule has 9 nitrogen and oxygen atoms in total. The minimum atomic E-state index is -0.243. The lowest BCUT2D eigenvalue weighted by Crippen LogP contribution is -2.29. The van der Waals surface area contributed by atoms with Gasteiger partial charge in [-0.1, -0.05) is 35.9 Å². The Morgan fingerprint density at radius 2 is 1.44 bits per heavy atom. The molecule has 0 aliphatic rings. The van der Waals surface area contributed by atoms with Gasteiger partial charge in [0.25, 0.3) is 5.91 Å². The van der Waals surface area contributed by atoms with E-state index in [0.717, 1.165) is 16.5 Å². The van der Waals surface area contributed by atoms with Gasteiger partial charge in [-0.05, 0) is 36.4 Å². The van der Waals surface area contributed by atoms with Crippen molar-refractivity contribution < 1.29 is 9.59 Å². The number of para-hydroxylation sites is 1. The third kappa shape index (κ3) is 6.89. The Labute approximate surface area is 213 Å². The fourth-order valence-corrected chi connectivity index (χ4v) is 3.56. The molecule has 0 fully saturated rings. The van der Waals surface area contributed by atoms with Crippen LogP contribution in [0.25, 0.3) is 22.3 Å². The maximum atomic E-state index is 12.5. The molecule has 0 spiro atoms. The first-order valence-corrected chi connectivity index (χ1v) is 11.9. The van der Waals surface area contributed by atoms with Crippen LogP contribution in [0.1, 0.15) is 17.4 Å². The Balaban J connectivity index is 1.38. The Bertz CT molecular complexity index is 1360. The summed E-state index contributed by atoms with van der Waals surface area (Å²) >= 11 is 6.02. The maximum absolute atomic E-state index is 12.5. The van der Waals surface area contributed by atoms with E-state index in [4.69, 9.17) is 11.6 Å². The molecule has 0 radical (unpaired) electrons. The van der Waals surface area contributed by atoms with Gasteiger partial charge < -0.3 is 21.3 Å². The molecule has 0 aliphatic heterocycles. The zero-order valence-electron chi connectivity index (χ0n) is 19.7. The van der Waals surface area contributed by atoms with Crippen LogP contribution >= 0.6 is 11.6 Å². The summed E-state index contributed by atoms with van der Waals surface area (Å²) < 4.78 is 0. The summed E-state index contributed by atoms with van der Waals surface area (Å²) in [5, 5.41) is 13.6. The second kappa shape index (κ2) is 11.9. The largest absolute Gasteiger partial charge is 0.368 e. The smallest absolute Gasteiger partial charge is 0.269 e. The highest BCUT2D eigenvalue weighted by molar-refractivity contribution is 6.30. The Hall–Kier alpha value is -4.24. The molecule has 2 aromatic heterocycles. The van der Waals surface area contributed by atoms with Crippen molar-refractivity contribution in [2.75, 3.05) is 36.8 Å². The number of rotatable bonds is 10. The number of carbonyl (C=O) groups is 2. The highest BCUT2D eigenvalue weighted by Crippen LogP contribution is 2.22. The molecule has 4 rings (SSSR count). The molecule has 0 saturated heterocycles. The quantitative estimate of drug-likeness (QED) is 0.243. The van der Waals surface area contributed by atoms with Crippen LogP contribution in [-0.4, -0.2) is 52.9 Å². The van der Waals surface area contributed by atoms with E-state index >= 15 is 0 Å². The first-order chi connectivity index (χ1) is 17.5. The summed E-state index contributed by atoms with van der Waals surface area (Å²) in [4.78, 5) is 37.2. The van der Waals surface area contributed by atoms with Gasteiger partial charge in [-0.15, -0.1) is 0 Å². The van der Waals surface area contributed by atoms with E-state index in [9.17, 15) is 9.59 Å². The van der Waals surface area contributed by atoms with Gasteiger partial charge in [-0.2, -0.15) is 0 Å². The molecule has 4 N–H and O–H groups in total. The van der Waals surface area contributed by atoms with Crippen LogP contribution in [0, 0.1) is 0 Å². The third-order valence-corrected chi connectivity index (χ3v) is 5.43. The van der Waals surface area contributed by atoms with Gasteiger partial charge in [0.15, 0.2) is 5.82 Å². The van der Waals surface area contributed by atoms with Crippen LogP contribution in [0.2, 0.25) is 5.02 Å². The number of nitrogens with one attached hydrogen (secondary N) is 4. The molecule has 36 heavy (non-hydrogen) atoms. The summed E-state index contributed by atoms with van der Waals surface area (Å²) in [5.41, 5.74) is 1.95. The number of hydrogen-bond acceptors (Lipinski definition) is 7. The van der Waals surface area contributed by atoms with Crippen LogP contribution in [0.4, 0.5) is 11.6 Å². The second-order valence-corrected chi connectivity index (χ2v) is 8.39. The molecule has 0 atom stereocenters. The van der Waals surface area contributed by atoms with Gasteiger partial charge in [0.2, 0.25) is 5.91 Å². The standard InChI is InChI=1S/C26H26ClN7O2/c1-17(35)28-12-13-29-23-16-24(34-25(33-23)19-6-9-20(27)10-7-19)30-14-15-31-26(36)22-11-8-18-4-2-3-5-21(18)32-22/h2-11,16H,12-15H2,1H3,(H,28,35)(H,31,36)(H2,29,30,33,34). The van der Waals surface area contributed by atoms with Gasteiger partial charge >= 0.3 is 0 Å². The molecule has 10 heteroatoms. The number of anilines is 2. The van der Waals surface area contributed by atoms with E-state index in [1.165, 1.54) is 6.92 Å². The molecule has 2 heterocycles. The molecule has 0 saturated carbocycles. The van der Waals surface area contributed by atoms with Gasteiger partial charge in [0.05, 0.1) is 5.52 Å². The number of benzene rings is 2. The average Bonchev–Trinajstić information content (AvgIpc) is 2.89. The molecule has 2 amide bonds. The minimum Gasteiger partial charge on any atom is -0.368 e. The van der Waals surface area contributed by atoms with Crippen LogP contribution in [0.5, 0.6) is 0 Å². The topological polar surface area (TPSA) is 121 Å². The van der Waals surface area contributed by atoms with Crippen molar-refractivity contribution in [2.24, 2.45) is 0 Å². The lowest BCUT2D eigenvalue weighted by molar-refractivity contribution is -0.118. The van der Waals surface area contributed by atoms with Crippen LogP contribution in [0.15, 0.2) is 66.7 Å². The van der Waals surface area contributed by atoms with Crippen LogP contribution < -0.4 is 21.3 Å². The molecule has 0 unspecified atom stereocenters. The van der Waals surface area contributed by atoms with Crippen molar-refractivity contribution in [1.82, 2.24) is 25.6 Å². The molecular weight excluding hydrogens is 478 g/mol. The van der Waals surface area contributed by atoms with Gasteiger partial charge in [-0.25, -0.2) is 15.0 Å². The van der Waals surface area contributed by atoms with Crippen molar-refractivity contribution in [3.05, 3.63) is 77.4 Å². The predicted octanol–water partition coefficient (Wildman–Crippen LogP) is 3.74. The highest BCUT2D eigenvalue weighted by Gasteiger charge is 2.09. The van der Waals surface area contributed by atoms with E-state index in [1.807, 2.05) is 42.5 Å². The van der Waals surface area contributed by atoms with Gasteiger partial charge in [-0.3, -0.25) is 9.59 Å². The van der Waals surface area contributed by atoms with Crippen molar-refractivity contribution in [3.63, 3.8) is 0 Å². The van der Waals surface area contributed by atoms with Crippen molar-refractivity contribution in [3.8, 4) is 11.4 Å². The molecular formula is C26H26ClN7O2. The summed E-state index contributed by atoms with van der Waals surface area (Å²) in [5.74, 6) is 1.38. The number of pyridine rings is 1. The lowest BCUT2D eigenvalue weighted by atomic mass is 10.2. The number of nitrogens with zero attached hydrogens (tertiary/aromatic N) is 3. The molecule has 184 valence electrons. The number of carbonyl (C=O) groups excluding carboxylic acids is 2. The van der Waals surface area contributed by atoms with Crippen molar-refractivity contribution >= 4 is 46.0 Å². The summed E-state index contributed by atoms with van der Waals surface area (Å²) in [6.07, 6.45) is 0.